The van der Waals surface area contributed by atoms with E-state index in [-0.39, 0.29) is 18.3 Å². The molecule has 0 saturated heterocycles. The van der Waals surface area contributed by atoms with Crippen LogP contribution in [0.15, 0.2) is 42.5 Å². The van der Waals surface area contributed by atoms with Crippen molar-refractivity contribution in [3.8, 4) is 5.75 Å². The van der Waals surface area contributed by atoms with Gasteiger partial charge in [-0.05, 0) is 67.3 Å². The first-order valence-corrected chi connectivity index (χ1v) is 12.6. The molecule has 0 amide bonds. The van der Waals surface area contributed by atoms with Crippen molar-refractivity contribution in [2.45, 2.75) is 46.3 Å². The second kappa shape index (κ2) is 11.1. The van der Waals surface area contributed by atoms with Gasteiger partial charge in [0.15, 0.2) is 0 Å². The highest BCUT2D eigenvalue weighted by molar-refractivity contribution is 7.12. The summed E-state index contributed by atoms with van der Waals surface area (Å²) in [5.74, 6) is 0.516. The van der Waals surface area contributed by atoms with Gasteiger partial charge in [-0.25, -0.2) is 0 Å². The number of carbonyl (C=O) groups is 1. The third kappa shape index (κ3) is 5.45. The molecule has 35 heavy (non-hydrogen) atoms. The Morgan fingerprint density at radius 1 is 1.09 bits per heavy atom. The number of rotatable bonds is 10. The lowest BCUT2D eigenvalue weighted by molar-refractivity contribution is -0.140. The number of hydrazine groups is 2. The SMILES string of the molecule is CCN1NNc2c1ccc([C@H](CC(=O)OC)c1cc(COCc3ccc(OC)cc3)c(C)s1)c2C. The van der Waals surface area contributed by atoms with Gasteiger partial charge in [0.25, 0.3) is 0 Å². The van der Waals surface area contributed by atoms with E-state index in [0.29, 0.717) is 13.2 Å². The van der Waals surface area contributed by atoms with Crippen molar-refractivity contribution in [1.82, 2.24) is 5.53 Å². The maximum Gasteiger partial charge on any atom is 0.306 e. The van der Waals surface area contributed by atoms with E-state index in [1.807, 2.05) is 24.3 Å². The van der Waals surface area contributed by atoms with Crippen LogP contribution in [0.3, 0.4) is 0 Å². The van der Waals surface area contributed by atoms with E-state index in [2.05, 4.69) is 54.9 Å². The quantitative estimate of drug-likeness (QED) is 0.362. The zero-order valence-corrected chi connectivity index (χ0v) is 21.8. The van der Waals surface area contributed by atoms with Crippen LogP contribution >= 0.6 is 11.3 Å². The summed E-state index contributed by atoms with van der Waals surface area (Å²) in [7, 11) is 3.10. The second-order valence-electron chi connectivity index (χ2n) is 8.56. The van der Waals surface area contributed by atoms with Gasteiger partial charge >= 0.3 is 5.97 Å². The van der Waals surface area contributed by atoms with Crippen molar-refractivity contribution in [2.75, 3.05) is 31.2 Å². The van der Waals surface area contributed by atoms with Crippen LogP contribution in [-0.4, -0.2) is 26.7 Å². The Morgan fingerprint density at radius 2 is 1.86 bits per heavy atom. The molecule has 0 spiro atoms. The van der Waals surface area contributed by atoms with Crippen LogP contribution in [0.4, 0.5) is 11.4 Å². The van der Waals surface area contributed by atoms with E-state index in [1.165, 1.54) is 12.0 Å². The minimum Gasteiger partial charge on any atom is -0.497 e. The van der Waals surface area contributed by atoms with Crippen molar-refractivity contribution in [3.63, 3.8) is 0 Å². The Bertz CT molecular complexity index is 1180. The highest BCUT2D eigenvalue weighted by atomic mass is 32.1. The van der Waals surface area contributed by atoms with Gasteiger partial charge in [0, 0.05) is 22.2 Å². The number of thiophene rings is 1. The fourth-order valence-corrected chi connectivity index (χ4v) is 5.54. The minimum atomic E-state index is -0.223. The summed E-state index contributed by atoms with van der Waals surface area (Å²) in [6.07, 6.45) is 0.285. The van der Waals surface area contributed by atoms with Gasteiger partial charge in [0.05, 0.1) is 45.2 Å². The molecule has 0 bridgehead atoms. The van der Waals surface area contributed by atoms with Crippen LogP contribution in [0.1, 0.15) is 51.3 Å². The number of benzene rings is 2. The van der Waals surface area contributed by atoms with Crippen LogP contribution in [0.25, 0.3) is 0 Å². The molecule has 2 N–H and O–H groups in total. The Labute approximate surface area is 210 Å². The lowest BCUT2D eigenvalue weighted by Crippen LogP contribution is -2.35. The third-order valence-corrected chi connectivity index (χ3v) is 7.66. The van der Waals surface area contributed by atoms with Crippen LogP contribution < -0.4 is 20.7 Å². The number of esters is 1. The van der Waals surface area contributed by atoms with Crippen molar-refractivity contribution in [2.24, 2.45) is 0 Å². The van der Waals surface area contributed by atoms with E-state index < -0.39 is 0 Å². The van der Waals surface area contributed by atoms with Crippen LogP contribution in [-0.2, 0) is 27.5 Å². The molecule has 3 aromatic rings. The number of fused-ring (bicyclic) bond motifs is 1. The maximum absolute atomic E-state index is 12.4. The molecule has 1 aromatic heterocycles. The van der Waals surface area contributed by atoms with Gasteiger partial charge in [-0.3, -0.25) is 9.80 Å². The summed E-state index contributed by atoms with van der Waals surface area (Å²) in [6, 6.07) is 14.3. The lowest BCUT2D eigenvalue weighted by atomic mass is 9.89. The van der Waals surface area contributed by atoms with Gasteiger partial charge in [-0.15, -0.1) is 16.9 Å². The smallest absolute Gasteiger partial charge is 0.306 e. The van der Waals surface area contributed by atoms with Gasteiger partial charge in [-0.1, -0.05) is 18.2 Å². The zero-order valence-electron chi connectivity index (χ0n) is 20.9. The average Bonchev–Trinajstić information content (AvgIpc) is 3.47. The standard InChI is InChI=1S/C27H33N3O4S/c1-6-30-24-12-11-22(17(2)27(24)28-29-30)23(14-26(31)33-5)25-13-20(18(3)35-25)16-34-15-19-7-9-21(32-4)10-8-19/h7-13,23,28-29H,6,14-16H2,1-5H3/t23-/m0/s1. The van der Waals surface area contributed by atoms with Crippen molar-refractivity contribution in [3.05, 3.63) is 74.5 Å². The summed E-state index contributed by atoms with van der Waals surface area (Å²) in [5.41, 5.74) is 13.1. The monoisotopic (exact) mass is 495 g/mol. The molecule has 186 valence electrons. The summed E-state index contributed by atoms with van der Waals surface area (Å²) in [5, 5.41) is 2.06. The number of hydrogen-bond acceptors (Lipinski definition) is 8. The molecule has 8 heteroatoms. The van der Waals surface area contributed by atoms with Crippen molar-refractivity contribution < 1.29 is 19.0 Å². The number of nitrogens with one attached hydrogen (secondary N) is 2. The summed E-state index contributed by atoms with van der Waals surface area (Å²) >= 11 is 1.72. The fraction of sp³-hybridized carbons (Fsp3) is 0.370. The summed E-state index contributed by atoms with van der Waals surface area (Å²) < 4.78 is 16.3. The van der Waals surface area contributed by atoms with E-state index >= 15 is 0 Å². The molecule has 1 aliphatic heterocycles. The molecule has 0 aliphatic carbocycles. The van der Waals surface area contributed by atoms with Crippen LogP contribution in [0, 0.1) is 13.8 Å². The molecular formula is C27H33N3O4S. The van der Waals surface area contributed by atoms with Crippen molar-refractivity contribution in [1.29, 1.82) is 0 Å². The molecule has 0 radical (unpaired) electrons. The van der Waals surface area contributed by atoms with Gasteiger partial charge in [0.1, 0.15) is 5.75 Å². The lowest BCUT2D eigenvalue weighted by Gasteiger charge is -2.20. The number of nitrogens with zero attached hydrogens (tertiary/aromatic N) is 1. The second-order valence-corrected chi connectivity index (χ2v) is 9.85. The predicted octanol–water partition coefficient (Wildman–Crippen LogP) is 5.46. The van der Waals surface area contributed by atoms with Crippen LogP contribution in [0.2, 0.25) is 0 Å². The number of methoxy groups -OCH3 is 2. The predicted molar refractivity (Wildman–Crippen MR) is 140 cm³/mol. The number of ether oxygens (including phenoxy) is 3. The van der Waals surface area contributed by atoms with Crippen molar-refractivity contribution >= 4 is 28.7 Å². The molecule has 0 saturated carbocycles. The average molecular weight is 496 g/mol. The van der Waals surface area contributed by atoms with Gasteiger partial charge in [-0.2, -0.15) is 0 Å². The Hall–Kier alpha value is -3.07. The molecular weight excluding hydrogens is 462 g/mol. The molecule has 2 aromatic carbocycles. The molecule has 0 unspecified atom stereocenters. The first kappa shape index (κ1) is 25.0. The topological polar surface area (TPSA) is 72.1 Å². The highest BCUT2D eigenvalue weighted by Crippen LogP contribution is 2.42. The zero-order chi connectivity index (χ0) is 24.9. The highest BCUT2D eigenvalue weighted by Gasteiger charge is 2.27. The summed E-state index contributed by atoms with van der Waals surface area (Å²) in [6.45, 7) is 8.19. The van der Waals surface area contributed by atoms with E-state index in [4.69, 9.17) is 14.2 Å². The van der Waals surface area contributed by atoms with E-state index in [0.717, 1.165) is 50.8 Å². The molecule has 4 rings (SSSR count). The molecule has 1 aliphatic rings. The Morgan fingerprint density at radius 3 is 2.54 bits per heavy atom. The molecule has 1 atom stereocenters. The van der Waals surface area contributed by atoms with E-state index in [9.17, 15) is 4.79 Å². The number of hydrogen-bond donors (Lipinski definition) is 2. The van der Waals surface area contributed by atoms with Gasteiger partial charge < -0.3 is 19.6 Å². The normalized spacial score (nSPS) is 13.3. The van der Waals surface area contributed by atoms with E-state index in [1.54, 1.807) is 18.4 Å². The van der Waals surface area contributed by atoms with Gasteiger partial charge in [0.2, 0.25) is 0 Å². The maximum atomic E-state index is 12.4. The largest absolute Gasteiger partial charge is 0.497 e. The molecule has 7 nitrogen and oxygen atoms in total. The number of aryl methyl sites for hydroxylation is 1. The first-order chi connectivity index (χ1) is 16.9. The molecule has 0 fully saturated rings. The first-order valence-electron chi connectivity index (χ1n) is 11.7. The third-order valence-electron chi connectivity index (χ3n) is 6.45. The minimum absolute atomic E-state index is 0.0933. The summed E-state index contributed by atoms with van der Waals surface area (Å²) in [4.78, 5) is 14.7. The fourth-order valence-electron chi connectivity index (χ4n) is 4.38. The van der Waals surface area contributed by atoms with Crippen LogP contribution in [0.5, 0.6) is 5.75 Å². The number of anilines is 2. The Balaban J connectivity index is 1.55. The Kier molecular flexibility index (Phi) is 7.95. The molecule has 2 heterocycles. The number of carbonyl (C=O) groups excluding carboxylic acids is 1.